The normalized spacial score (nSPS) is 17.7. The molecule has 1 aliphatic carbocycles. The average molecular weight is 574 g/mol. The Kier molecular flexibility index (Phi) is 9.02. The molecule has 1 heterocycles. The van der Waals surface area contributed by atoms with E-state index in [-0.39, 0.29) is 30.7 Å². The number of nitriles is 1. The fourth-order valence-corrected chi connectivity index (χ4v) is 6.26. The summed E-state index contributed by atoms with van der Waals surface area (Å²) in [6.45, 7) is 2.37. The highest BCUT2D eigenvalue weighted by atomic mass is 16.4. The number of amides is 3. The van der Waals surface area contributed by atoms with E-state index in [1.54, 1.807) is 69.5 Å². The number of carboxylic acid groups (broad SMARTS) is 1. The van der Waals surface area contributed by atoms with Crippen LogP contribution in [-0.2, 0) is 27.8 Å². The van der Waals surface area contributed by atoms with Gasteiger partial charge in [-0.3, -0.25) is 19.2 Å². The standard InChI is InChI=1S/C32H39N5O5/c1-20(34-19-28(38)37-14-6-7-25(37)18-33)17-32(31(41)42)26-12-10-23(29(39)35(2)3)15-21(26)8-9-22-16-24(11-13-27(22)32)30(40)36(4)5/h10-13,15-16,20,25,34H,6-9,14,17,19H2,1-5H3,(H,41,42)/t20-,25-/m0/s1. The van der Waals surface area contributed by atoms with Crippen molar-refractivity contribution in [2.24, 2.45) is 0 Å². The Hall–Kier alpha value is -4.23. The van der Waals surface area contributed by atoms with E-state index in [4.69, 9.17) is 0 Å². The van der Waals surface area contributed by atoms with Crippen LogP contribution in [0.4, 0.5) is 0 Å². The molecule has 10 heteroatoms. The van der Waals surface area contributed by atoms with Gasteiger partial charge in [-0.05, 0) is 85.5 Å². The molecular formula is C32H39N5O5. The van der Waals surface area contributed by atoms with Crippen molar-refractivity contribution in [3.63, 3.8) is 0 Å². The number of carboxylic acids is 1. The van der Waals surface area contributed by atoms with E-state index in [2.05, 4.69) is 11.4 Å². The Morgan fingerprint density at radius 2 is 1.52 bits per heavy atom. The van der Waals surface area contributed by atoms with Crippen molar-refractivity contribution in [2.45, 2.75) is 56.5 Å². The molecule has 0 saturated carbocycles. The lowest BCUT2D eigenvalue weighted by Gasteiger charge is -2.35. The molecule has 4 rings (SSSR count). The maximum Gasteiger partial charge on any atom is 0.318 e. The van der Waals surface area contributed by atoms with E-state index in [0.717, 1.165) is 17.5 Å². The summed E-state index contributed by atoms with van der Waals surface area (Å²) in [5.74, 6) is -1.58. The summed E-state index contributed by atoms with van der Waals surface area (Å²) < 4.78 is 0. The summed E-state index contributed by atoms with van der Waals surface area (Å²) in [7, 11) is 6.68. The molecule has 0 unspecified atom stereocenters. The maximum atomic E-state index is 13.5. The number of rotatable bonds is 8. The molecule has 42 heavy (non-hydrogen) atoms. The Morgan fingerprint density at radius 3 is 1.98 bits per heavy atom. The van der Waals surface area contributed by atoms with Gasteiger partial charge in [-0.2, -0.15) is 5.26 Å². The first-order chi connectivity index (χ1) is 19.9. The zero-order chi connectivity index (χ0) is 30.8. The number of hydrogen-bond acceptors (Lipinski definition) is 6. The highest BCUT2D eigenvalue weighted by Crippen LogP contribution is 2.44. The van der Waals surface area contributed by atoms with Crippen LogP contribution in [0.2, 0.25) is 0 Å². The number of hydrogen-bond donors (Lipinski definition) is 2. The van der Waals surface area contributed by atoms with Gasteiger partial charge < -0.3 is 25.1 Å². The predicted molar refractivity (Wildman–Crippen MR) is 157 cm³/mol. The summed E-state index contributed by atoms with van der Waals surface area (Å²) in [4.78, 5) is 56.5. The van der Waals surface area contributed by atoms with Gasteiger partial charge in [0, 0.05) is 51.9 Å². The molecule has 1 fully saturated rings. The monoisotopic (exact) mass is 573 g/mol. The summed E-state index contributed by atoms with van der Waals surface area (Å²) in [5.41, 5.74) is 2.17. The van der Waals surface area contributed by atoms with Crippen molar-refractivity contribution in [3.05, 3.63) is 69.8 Å². The lowest BCUT2D eigenvalue weighted by molar-refractivity contribution is -0.142. The SMILES string of the molecule is C[C@@H](CC1(C(=O)O)c2ccc(C(=O)N(C)C)cc2CCc2cc(C(=O)N(C)C)ccc21)NCC(=O)N1CCC[C@H]1C#N. The van der Waals surface area contributed by atoms with Gasteiger partial charge >= 0.3 is 5.97 Å². The van der Waals surface area contributed by atoms with Crippen molar-refractivity contribution in [1.29, 1.82) is 5.26 Å². The molecule has 0 radical (unpaired) electrons. The molecule has 1 aliphatic heterocycles. The molecule has 10 nitrogen and oxygen atoms in total. The van der Waals surface area contributed by atoms with E-state index < -0.39 is 23.5 Å². The zero-order valence-corrected chi connectivity index (χ0v) is 24.9. The smallest absolute Gasteiger partial charge is 0.318 e. The van der Waals surface area contributed by atoms with Crippen LogP contribution in [0.15, 0.2) is 36.4 Å². The third kappa shape index (κ3) is 5.74. The summed E-state index contributed by atoms with van der Waals surface area (Å²) in [6, 6.07) is 11.7. The minimum Gasteiger partial charge on any atom is -0.480 e. The van der Waals surface area contributed by atoms with Gasteiger partial charge in [0.15, 0.2) is 0 Å². The number of benzene rings is 2. The van der Waals surface area contributed by atoms with Gasteiger partial charge in [-0.1, -0.05) is 12.1 Å². The summed E-state index contributed by atoms with van der Waals surface area (Å²) in [6.07, 6.45) is 2.56. The van der Waals surface area contributed by atoms with E-state index in [0.29, 0.717) is 48.1 Å². The second kappa shape index (κ2) is 12.3. The first-order valence-electron chi connectivity index (χ1n) is 14.3. The fraction of sp³-hybridized carbons (Fsp3) is 0.469. The van der Waals surface area contributed by atoms with Crippen LogP contribution >= 0.6 is 0 Å². The Balaban J connectivity index is 1.77. The first kappa shape index (κ1) is 30.7. The second-order valence-electron chi connectivity index (χ2n) is 11.7. The van der Waals surface area contributed by atoms with Crippen LogP contribution in [-0.4, -0.2) is 96.9 Å². The molecule has 1 saturated heterocycles. The largest absolute Gasteiger partial charge is 0.480 e. The van der Waals surface area contributed by atoms with Crippen molar-refractivity contribution in [1.82, 2.24) is 20.0 Å². The molecule has 0 spiro atoms. The maximum absolute atomic E-state index is 13.5. The van der Waals surface area contributed by atoms with Gasteiger partial charge in [0.2, 0.25) is 5.91 Å². The van der Waals surface area contributed by atoms with Gasteiger partial charge in [0.25, 0.3) is 11.8 Å². The van der Waals surface area contributed by atoms with Crippen molar-refractivity contribution < 1.29 is 24.3 Å². The number of likely N-dealkylation sites (tertiary alicyclic amines) is 1. The number of fused-ring (bicyclic) bond motifs is 2. The van der Waals surface area contributed by atoms with Crippen LogP contribution in [0, 0.1) is 11.3 Å². The lowest BCUT2D eigenvalue weighted by Crippen LogP contribution is -2.47. The molecule has 2 aromatic rings. The lowest BCUT2D eigenvalue weighted by atomic mass is 9.68. The van der Waals surface area contributed by atoms with Crippen molar-refractivity contribution in [3.8, 4) is 6.07 Å². The van der Waals surface area contributed by atoms with Crippen molar-refractivity contribution >= 4 is 23.7 Å². The Bertz CT molecular complexity index is 1370. The number of nitrogens with one attached hydrogen (secondary N) is 1. The van der Waals surface area contributed by atoms with Crippen LogP contribution in [0.3, 0.4) is 0 Å². The molecule has 0 bridgehead atoms. The van der Waals surface area contributed by atoms with Gasteiger partial charge in [-0.25, -0.2) is 0 Å². The average Bonchev–Trinajstić information content (AvgIpc) is 3.40. The Morgan fingerprint density at radius 1 is 1.00 bits per heavy atom. The zero-order valence-electron chi connectivity index (χ0n) is 24.9. The van der Waals surface area contributed by atoms with E-state index in [9.17, 15) is 29.5 Å². The minimum absolute atomic E-state index is 0.0126. The number of carbonyl (C=O) groups excluding carboxylic acids is 3. The number of aryl methyl sites for hydroxylation is 2. The quantitative estimate of drug-likeness (QED) is 0.496. The molecule has 222 valence electrons. The van der Waals surface area contributed by atoms with Crippen molar-refractivity contribution in [2.75, 3.05) is 41.3 Å². The summed E-state index contributed by atoms with van der Waals surface area (Å²) >= 11 is 0. The highest BCUT2D eigenvalue weighted by molar-refractivity contribution is 5.96. The number of nitrogens with zero attached hydrogens (tertiary/aromatic N) is 4. The fourth-order valence-electron chi connectivity index (χ4n) is 6.26. The highest BCUT2D eigenvalue weighted by Gasteiger charge is 2.47. The third-order valence-corrected chi connectivity index (χ3v) is 8.40. The summed E-state index contributed by atoms with van der Waals surface area (Å²) in [5, 5.41) is 23.6. The van der Waals surface area contributed by atoms with Gasteiger partial charge in [0.1, 0.15) is 11.5 Å². The minimum atomic E-state index is -1.50. The molecule has 2 aliphatic rings. The number of carbonyl (C=O) groups is 4. The van der Waals surface area contributed by atoms with Crippen LogP contribution in [0.1, 0.15) is 69.2 Å². The first-order valence-corrected chi connectivity index (χ1v) is 14.3. The molecule has 0 aromatic heterocycles. The van der Waals surface area contributed by atoms with Crippen LogP contribution in [0.25, 0.3) is 0 Å². The van der Waals surface area contributed by atoms with E-state index >= 15 is 0 Å². The molecule has 2 aromatic carbocycles. The van der Waals surface area contributed by atoms with Crippen LogP contribution in [0.5, 0.6) is 0 Å². The molecule has 2 atom stereocenters. The molecule has 3 amide bonds. The van der Waals surface area contributed by atoms with Gasteiger partial charge in [0.05, 0.1) is 12.6 Å². The number of aliphatic carboxylic acids is 1. The van der Waals surface area contributed by atoms with E-state index in [1.807, 2.05) is 6.92 Å². The second-order valence-corrected chi connectivity index (χ2v) is 11.7. The molecular weight excluding hydrogens is 534 g/mol. The molecule has 2 N–H and O–H groups in total. The van der Waals surface area contributed by atoms with Crippen LogP contribution < -0.4 is 5.32 Å². The third-order valence-electron chi connectivity index (χ3n) is 8.40. The van der Waals surface area contributed by atoms with Gasteiger partial charge in [-0.15, -0.1) is 0 Å². The van der Waals surface area contributed by atoms with E-state index in [1.165, 1.54) is 9.80 Å². The topological polar surface area (TPSA) is 134 Å². The Labute approximate surface area is 246 Å². The predicted octanol–water partition coefficient (Wildman–Crippen LogP) is 2.44.